The summed E-state index contributed by atoms with van der Waals surface area (Å²) in [5.74, 6) is -3.71. The molecule has 2 unspecified atom stereocenters. The Balaban J connectivity index is -0.000000181. The lowest BCUT2D eigenvalue weighted by atomic mass is 9.88. The molecule has 0 aromatic heterocycles. The number of hydrogen-bond donors (Lipinski definition) is 4. The van der Waals surface area contributed by atoms with E-state index in [4.69, 9.17) is 33.5 Å². The van der Waals surface area contributed by atoms with Crippen molar-refractivity contribution in [2.24, 2.45) is 0 Å². The number of hydrogen-bond acceptors (Lipinski definition) is 7. The van der Waals surface area contributed by atoms with E-state index in [2.05, 4.69) is 6.58 Å². The van der Waals surface area contributed by atoms with Crippen LogP contribution in [0.3, 0.4) is 0 Å². The van der Waals surface area contributed by atoms with Crippen LogP contribution >= 0.6 is 24.1 Å². The first-order valence-electron chi connectivity index (χ1n) is 12.2. The number of allylic oxidation sites excluding steroid dienone is 1. The van der Waals surface area contributed by atoms with Crippen LogP contribution in [0.5, 0.6) is 5.75 Å². The highest BCUT2D eigenvalue weighted by atomic mass is 32.2. The smallest absolute Gasteiger partial charge is 0.333 e. The molecule has 1 aromatic rings. The molecule has 0 bridgehead atoms. The van der Waals surface area contributed by atoms with Gasteiger partial charge in [-0.25, -0.2) is 19.4 Å². The fourth-order valence-corrected chi connectivity index (χ4v) is 3.28. The predicted molar refractivity (Wildman–Crippen MR) is 155 cm³/mol. The predicted octanol–water partition coefficient (Wildman–Crippen LogP) is 10.1. The van der Waals surface area contributed by atoms with Crippen LogP contribution in [0.25, 0.3) is 0 Å². The zero-order chi connectivity index (χ0) is 32.9. The van der Waals surface area contributed by atoms with Gasteiger partial charge in [-0.1, -0.05) is 96.5 Å². The second-order valence-electron chi connectivity index (χ2n) is 7.49. The molecule has 238 valence electrons. The first-order chi connectivity index (χ1) is 18.3. The van der Waals surface area contributed by atoms with Crippen LogP contribution in [0.2, 0.25) is 0 Å². The Morgan fingerprint density at radius 3 is 1.33 bits per heavy atom. The highest BCUT2D eigenvalue weighted by molar-refractivity contribution is 7.96. The Kier molecular flexibility index (Phi) is 43.0. The monoisotopic (exact) mass is 620 g/mol. The molecular formula is C26H50F6O5S2. The Labute approximate surface area is 240 Å². The molecule has 1 rings (SSSR count). The SMILES string of the molecule is C=CC.CC.CC.CC(C)c1cc(C(C)C)c(OSC(F)C(F)(F)C(F)SO)c(C(C)C)c1.CO.OF.OF. The van der Waals surface area contributed by atoms with E-state index in [0.717, 1.165) is 23.8 Å². The molecule has 4 N–H and O–H groups in total. The molecule has 0 aliphatic rings. The molecule has 13 heteroatoms. The molecule has 39 heavy (non-hydrogen) atoms. The number of halogens is 6. The van der Waals surface area contributed by atoms with E-state index >= 15 is 0 Å². The molecule has 1 aromatic carbocycles. The minimum Gasteiger partial charge on any atom is -0.422 e. The van der Waals surface area contributed by atoms with Crippen LogP contribution in [0.4, 0.5) is 26.6 Å². The lowest BCUT2D eigenvalue weighted by Crippen LogP contribution is -2.36. The van der Waals surface area contributed by atoms with E-state index in [1.165, 1.54) is 0 Å². The van der Waals surface area contributed by atoms with Crippen molar-refractivity contribution in [1.82, 2.24) is 0 Å². The maximum atomic E-state index is 13.9. The van der Waals surface area contributed by atoms with Gasteiger partial charge in [0.1, 0.15) is 5.75 Å². The van der Waals surface area contributed by atoms with Crippen LogP contribution in [0.1, 0.15) is 111 Å². The lowest BCUT2D eigenvalue weighted by Gasteiger charge is -2.24. The van der Waals surface area contributed by atoms with Crippen molar-refractivity contribution >= 4 is 24.1 Å². The molecule has 5 nitrogen and oxygen atoms in total. The van der Waals surface area contributed by atoms with E-state index in [-0.39, 0.29) is 29.8 Å². The standard InChI is InChI=1S/C18H26F4O2S2.C3H6.2C2H6.CH4O.2FHO/c1-9(2)12-7-13(10(3)4)15(14(8-12)11(5)6)24-26-17(20)18(21,22)16(19)25-23;1-3-2;5*1-2/h7-11,16-17,23H,1-6H3;3H,1H2,2H3;2*1-2H3;2H,1H3;2*2H. The van der Waals surface area contributed by atoms with Gasteiger partial charge in [-0.15, -0.1) is 6.58 Å². The molecule has 0 heterocycles. The van der Waals surface area contributed by atoms with E-state index in [0.29, 0.717) is 5.75 Å². The van der Waals surface area contributed by atoms with Crippen LogP contribution in [-0.2, 0) is 0 Å². The molecular weight excluding hydrogens is 570 g/mol. The van der Waals surface area contributed by atoms with Crippen LogP contribution in [-0.4, -0.2) is 44.3 Å². The van der Waals surface area contributed by atoms with Crippen LogP contribution in [0.15, 0.2) is 24.8 Å². The Morgan fingerprint density at radius 2 is 1.10 bits per heavy atom. The van der Waals surface area contributed by atoms with Crippen molar-refractivity contribution in [1.29, 1.82) is 0 Å². The van der Waals surface area contributed by atoms with Gasteiger partial charge >= 0.3 is 5.92 Å². The van der Waals surface area contributed by atoms with Gasteiger partial charge < -0.3 is 13.8 Å². The van der Waals surface area contributed by atoms with Crippen molar-refractivity contribution in [3.05, 3.63) is 41.5 Å². The third-order valence-corrected chi connectivity index (χ3v) is 5.24. The molecule has 0 saturated heterocycles. The van der Waals surface area contributed by atoms with E-state index < -0.39 is 29.0 Å². The second-order valence-corrected chi connectivity index (χ2v) is 8.89. The van der Waals surface area contributed by atoms with Gasteiger partial charge in [-0.2, -0.15) is 8.78 Å². The largest absolute Gasteiger partial charge is 0.422 e. The first-order valence-corrected chi connectivity index (χ1v) is 13.8. The summed E-state index contributed by atoms with van der Waals surface area (Å²) in [6, 6.07) is 3.87. The van der Waals surface area contributed by atoms with Crippen molar-refractivity contribution < 1.29 is 51.1 Å². The van der Waals surface area contributed by atoms with Gasteiger partial charge in [0, 0.05) is 19.2 Å². The van der Waals surface area contributed by atoms with Crippen LogP contribution in [0, 0.1) is 0 Å². The molecule has 0 aliphatic carbocycles. The minimum absolute atomic E-state index is 0.0299. The first kappa shape index (κ1) is 50.7. The van der Waals surface area contributed by atoms with E-state index in [9.17, 15) is 17.6 Å². The molecule has 2 atom stereocenters. The Morgan fingerprint density at radius 1 is 0.795 bits per heavy atom. The Bertz CT molecular complexity index is 626. The second kappa shape index (κ2) is 33.1. The number of aliphatic hydroxyl groups is 1. The zero-order valence-corrected chi connectivity index (χ0v) is 26.7. The quantitative estimate of drug-likeness (QED) is 0.124. The third-order valence-electron chi connectivity index (χ3n) is 3.99. The normalized spacial score (nSPS) is 11.1. The zero-order valence-electron chi connectivity index (χ0n) is 25.1. The third kappa shape index (κ3) is 21.3. The summed E-state index contributed by atoms with van der Waals surface area (Å²) in [4.78, 5) is 0. The van der Waals surface area contributed by atoms with E-state index in [1.807, 2.05) is 88.3 Å². The number of rotatable bonds is 9. The van der Waals surface area contributed by atoms with Gasteiger partial charge in [-0.3, -0.25) is 0 Å². The van der Waals surface area contributed by atoms with E-state index in [1.54, 1.807) is 6.08 Å². The van der Waals surface area contributed by atoms with Gasteiger partial charge in [0.2, 0.25) is 11.0 Å². The van der Waals surface area contributed by atoms with Gasteiger partial charge in [-0.05, 0) is 41.4 Å². The summed E-state index contributed by atoms with van der Waals surface area (Å²) in [6.45, 7) is 25.1. The summed E-state index contributed by atoms with van der Waals surface area (Å²) < 4.78 is 85.0. The average Bonchev–Trinajstić information content (AvgIpc) is 2.96. The highest BCUT2D eigenvalue weighted by Gasteiger charge is 2.51. The molecule has 0 amide bonds. The van der Waals surface area contributed by atoms with Crippen molar-refractivity contribution in [2.75, 3.05) is 7.11 Å². The van der Waals surface area contributed by atoms with Crippen LogP contribution < -0.4 is 4.18 Å². The minimum atomic E-state index is -4.38. The lowest BCUT2D eigenvalue weighted by molar-refractivity contribution is -0.0711. The molecule has 0 fully saturated rings. The fraction of sp³-hybridized carbons (Fsp3) is 0.692. The summed E-state index contributed by atoms with van der Waals surface area (Å²) >= 11 is -0.846. The van der Waals surface area contributed by atoms with Crippen molar-refractivity contribution in [3.8, 4) is 5.75 Å². The van der Waals surface area contributed by atoms with Gasteiger partial charge in [0.25, 0.3) is 0 Å². The molecule has 0 saturated carbocycles. The van der Waals surface area contributed by atoms with Crippen molar-refractivity contribution in [2.45, 2.75) is 111 Å². The van der Waals surface area contributed by atoms with Gasteiger partial charge in [0.15, 0.2) is 0 Å². The summed E-state index contributed by atoms with van der Waals surface area (Å²) in [5, 5.41) is 18.0. The maximum absolute atomic E-state index is 13.9. The van der Waals surface area contributed by atoms with Gasteiger partial charge in [0.05, 0.1) is 12.0 Å². The average molecular weight is 621 g/mol. The summed E-state index contributed by atoms with van der Waals surface area (Å²) in [6.07, 6.45) is 1.75. The number of aliphatic hydroxyl groups excluding tert-OH is 1. The molecule has 0 spiro atoms. The maximum Gasteiger partial charge on any atom is 0.333 e. The number of benzene rings is 1. The summed E-state index contributed by atoms with van der Waals surface area (Å²) in [7, 11) is 1.00. The van der Waals surface area contributed by atoms with Crippen molar-refractivity contribution in [3.63, 3.8) is 0 Å². The summed E-state index contributed by atoms with van der Waals surface area (Å²) in [5.41, 5.74) is -3.36. The molecule has 0 radical (unpaired) electrons. The fourth-order valence-electron chi connectivity index (χ4n) is 2.31. The Hall–Kier alpha value is -1.12. The highest BCUT2D eigenvalue weighted by Crippen LogP contribution is 2.43. The molecule has 0 aliphatic heterocycles. The topological polar surface area (TPSA) is 90.2 Å². The number of alkyl halides is 4.